The van der Waals surface area contributed by atoms with Gasteiger partial charge in [0.15, 0.2) is 0 Å². The molecule has 1 aliphatic heterocycles. The third-order valence-electron chi connectivity index (χ3n) is 9.98. The number of nitrogens with zero attached hydrogens (tertiary/aromatic N) is 5. The lowest BCUT2D eigenvalue weighted by atomic mass is 9.95. The number of aromatic amines is 2. The fraction of sp³-hybridized carbons (Fsp3) is 0.514. The van der Waals surface area contributed by atoms with Crippen LogP contribution in [0.3, 0.4) is 0 Å². The summed E-state index contributed by atoms with van der Waals surface area (Å²) in [5, 5.41) is 16.7. The highest BCUT2D eigenvalue weighted by Crippen LogP contribution is 2.27. The normalized spacial score (nSPS) is 16.5. The van der Waals surface area contributed by atoms with E-state index in [0.29, 0.717) is 12.5 Å². The zero-order valence-corrected chi connectivity index (χ0v) is 27.8. The predicted octanol–water partition coefficient (Wildman–Crippen LogP) is 5.51. The molecule has 2 aliphatic rings. The zero-order chi connectivity index (χ0) is 31.7. The third kappa shape index (κ3) is 8.36. The van der Waals surface area contributed by atoms with Crippen LogP contribution < -0.4 is 20.9 Å². The van der Waals surface area contributed by atoms with Gasteiger partial charge in [0.05, 0.1) is 17.8 Å². The molecule has 10 heteroatoms. The van der Waals surface area contributed by atoms with Crippen molar-refractivity contribution in [2.75, 3.05) is 62.6 Å². The van der Waals surface area contributed by atoms with E-state index >= 15 is 0 Å². The second-order valence-corrected chi connectivity index (χ2v) is 13.4. The van der Waals surface area contributed by atoms with Crippen LogP contribution in [-0.2, 0) is 19.5 Å². The number of rotatable bonds is 16. The summed E-state index contributed by atoms with van der Waals surface area (Å²) in [5.74, 6) is 1.72. The minimum Gasteiger partial charge on any atom is -0.361 e. The van der Waals surface area contributed by atoms with Gasteiger partial charge < -0.3 is 25.8 Å². The van der Waals surface area contributed by atoms with Crippen LogP contribution in [0.25, 0.3) is 21.8 Å². The Balaban J connectivity index is 0.839. The van der Waals surface area contributed by atoms with Crippen molar-refractivity contribution in [3.63, 3.8) is 0 Å². The van der Waals surface area contributed by atoms with E-state index in [1.54, 1.807) is 0 Å². The van der Waals surface area contributed by atoms with Crippen LogP contribution in [-0.4, -0.2) is 88.0 Å². The first-order valence-corrected chi connectivity index (χ1v) is 18.0. The van der Waals surface area contributed by atoms with Crippen molar-refractivity contribution in [2.45, 2.75) is 70.5 Å². The van der Waals surface area contributed by atoms with Gasteiger partial charge in [0.25, 0.3) is 0 Å². The van der Waals surface area contributed by atoms with Gasteiger partial charge in [-0.3, -0.25) is 14.7 Å². The Hall–Kier alpha value is -3.86. The van der Waals surface area contributed by atoms with Crippen molar-refractivity contribution in [1.29, 1.82) is 0 Å². The molecular formula is C37H52N10. The van der Waals surface area contributed by atoms with Gasteiger partial charge in [0.2, 0.25) is 5.95 Å². The molecule has 1 aliphatic carbocycles. The van der Waals surface area contributed by atoms with Crippen molar-refractivity contribution in [3.8, 4) is 0 Å². The van der Waals surface area contributed by atoms with Crippen LogP contribution >= 0.6 is 0 Å². The molecule has 0 bridgehead atoms. The molecule has 47 heavy (non-hydrogen) atoms. The van der Waals surface area contributed by atoms with Gasteiger partial charge in [-0.1, -0.05) is 49.6 Å². The van der Waals surface area contributed by atoms with E-state index in [2.05, 4.69) is 101 Å². The summed E-state index contributed by atoms with van der Waals surface area (Å²) in [6.45, 7) is 10.0. The molecule has 2 aromatic carbocycles. The number of hydrogen-bond acceptors (Lipinski definition) is 7. The summed E-state index contributed by atoms with van der Waals surface area (Å²) in [6.07, 6.45) is 14.7. The fourth-order valence-corrected chi connectivity index (χ4v) is 7.25. The SMILES string of the molecule is c1ccc2c(N3CCN(CCc4c[nH]c5ccccc45)CC3)nc(NCc3cn(CCCNCCCNC4CCCCC4)[nH]3)nc2c1. The summed E-state index contributed by atoms with van der Waals surface area (Å²) in [5.41, 5.74) is 4.77. The van der Waals surface area contributed by atoms with Crippen LogP contribution in [0.15, 0.2) is 60.9 Å². The number of para-hydroxylation sites is 2. The number of hydrogen-bond donors (Lipinski definition) is 5. The molecule has 5 aromatic rings. The molecule has 3 aromatic heterocycles. The molecular weight excluding hydrogens is 584 g/mol. The lowest BCUT2D eigenvalue weighted by Gasteiger charge is -2.36. The number of aromatic nitrogens is 5. The number of aryl methyl sites for hydroxylation is 1. The van der Waals surface area contributed by atoms with Gasteiger partial charge in [0.1, 0.15) is 5.82 Å². The summed E-state index contributed by atoms with van der Waals surface area (Å²) < 4.78 is 2.17. The maximum absolute atomic E-state index is 5.04. The molecule has 0 spiro atoms. The molecule has 1 saturated carbocycles. The molecule has 5 N–H and O–H groups in total. The summed E-state index contributed by atoms with van der Waals surface area (Å²) >= 11 is 0. The summed E-state index contributed by atoms with van der Waals surface area (Å²) in [6, 6.07) is 17.7. The quantitative estimate of drug-likeness (QED) is 0.0911. The topological polar surface area (TPSA) is 105 Å². The molecule has 0 unspecified atom stereocenters. The summed E-state index contributed by atoms with van der Waals surface area (Å²) in [4.78, 5) is 18.3. The van der Waals surface area contributed by atoms with E-state index in [1.165, 1.54) is 55.0 Å². The highest BCUT2D eigenvalue weighted by molar-refractivity contribution is 5.90. The fourth-order valence-electron chi connectivity index (χ4n) is 7.25. The first-order chi connectivity index (χ1) is 23.3. The van der Waals surface area contributed by atoms with E-state index in [-0.39, 0.29) is 0 Å². The minimum atomic E-state index is 0.683. The van der Waals surface area contributed by atoms with Gasteiger partial charge in [-0.15, -0.1) is 0 Å². The number of benzene rings is 2. The number of piperazine rings is 1. The maximum Gasteiger partial charge on any atom is 0.225 e. The highest BCUT2D eigenvalue weighted by Gasteiger charge is 2.21. The van der Waals surface area contributed by atoms with Crippen molar-refractivity contribution in [3.05, 3.63) is 72.2 Å². The highest BCUT2D eigenvalue weighted by atomic mass is 15.3. The Labute approximate surface area is 278 Å². The van der Waals surface area contributed by atoms with Crippen molar-refractivity contribution in [1.82, 2.24) is 40.3 Å². The van der Waals surface area contributed by atoms with E-state index < -0.39 is 0 Å². The van der Waals surface area contributed by atoms with Gasteiger partial charge in [-0.2, -0.15) is 4.98 Å². The third-order valence-corrected chi connectivity index (χ3v) is 9.98. The molecule has 10 nitrogen and oxygen atoms in total. The standard InChI is InChI=1S/C37H52N10/c1-2-10-30(11-3-1)39-19-8-17-38-18-9-20-47-28-31(44-47)27-41-37-42-35-15-7-5-13-33(35)36(43-37)46-24-22-45(23-25-46)21-16-29-26-40-34-14-6-4-12-32(29)34/h4-7,12-15,26,28,30,38-40,44H,1-3,8-11,16-25,27H2,(H,41,42,43). The molecule has 0 atom stereocenters. The molecule has 7 rings (SSSR count). The second kappa shape index (κ2) is 15.8. The Morgan fingerprint density at radius 3 is 2.47 bits per heavy atom. The van der Waals surface area contributed by atoms with Crippen LogP contribution in [0.1, 0.15) is 56.2 Å². The molecule has 250 valence electrons. The Kier molecular flexibility index (Phi) is 10.7. The molecule has 2 fully saturated rings. The van der Waals surface area contributed by atoms with Crippen molar-refractivity contribution >= 4 is 33.6 Å². The number of nitrogens with one attached hydrogen (secondary N) is 5. The van der Waals surface area contributed by atoms with E-state index in [1.807, 2.05) is 0 Å². The monoisotopic (exact) mass is 636 g/mol. The molecule has 0 amide bonds. The first kappa shape index (κ1) is 31.7. The first-order valence-electron chi connectivity index (χ1n) is 18.0. The van der Waals surface area contributed by atoms with Gasteiger partial charge >= 0.3 is 0 Å². The van der Waals surface area contributed by atoms with Gasteiger partial charge in [0, 0.05) is 74.0 Å². The zero-order valence-electron chi connectivity index (χ0n) is 27.8. The van der Waals surface area contributed by atoms with E-state index in [9.17, 15) is 0 Å². The van der Waals surface area contributed by atoms with Crippen LogP contribution in [0.5, 0.6) is 0 Å². The van der Waals surface area contributed by atoms with Crippen LogP contribution in [0.2, 0.25) is 0 Å². The minimum absolute atomic E-state index is 0.683. The van der Waals surface area contributed by atoms with Crippen LogP contribution in [0, 0.1) is 0 Å². The Bertz CT molecular complexity index is 1660. The number of anilines is 2. The maximum atomic E-state index is 5.04. The lowest BCUT2D eigenvalue weighted by Crippen LogP contribution is -2.47. The lowest BCUT2D eigenvalue weighted by molar-refractivity contribution is 0.261. The molecule has 1 saturated heterocycles. The summed E-state index contributed by atoms with van der Waals surface area (Å²) in [7, 11) is 0. The smallest absolute Gasteiger partial charge is 0.225 e. The molecule has 0 radical (unpaired) electrons. The predicted molar refractivity (Wildman–Crippen MR) is 193 cm³/mol. The second-order valence-electron chi connectivity index (χ2n) is 13.4. The van der Waals surface area contributed by atoms with Crippen molar-refractivity contribution < 1.29 is 0 Å². The number of H-pyrrole nitrogens is 2. The van der Waals surface area contributed by atoms with Crippen molar-refractivity contribution in [2.24, 2.45) is 0 Å². The Morgan fingerprint density at radius 2 is 1.60 bits per heavy atom. The molecule has 4 heterocycles. The van der Waals surface area contributed by atoms with E-state index in [0.717, 1.165) is 100 Å². The average Bonchev–Trinajstić information content (AvgIpc) is 3.52. The average molecular weight is 637 g/mol. The largest absolute Gasteiger partial charge is 0.361 e. The van der Waals surface area contributed by atoms with E-state index in [4.69, 9.17) is 9.97 Å². The van der Waals surface area contributed by atoms with Gasteiger partial charge in [-0.25, -0.2) is 4.98 Å². The van der Waals surface area contributed by atoms with Gasteiger partial charge in [-0.05, 0) is 75.5 Å². The Morgan fingerprint density at radius 1 is 0.809 bits per heavy atom. The number of fused-ring (bicyclic) bond motifs is 2. The van der Waals surface area contributed by atoms with Crippen LogP contribution in [0.4, 0.5) is 11.8 Å².